The molecule has 2 aromatic rings. The van der Waals surface area contributed by atoms with Gasteiger partial charge in [0.25, 0.3) is 0 Å². The number of hydrogen-bond donors (Lipinski definition) is 3. The Kier molecular flexibility index (Phi) is 9.53. The van der Waals surface area contributed by atoms with Gasteiger partial charge in [0.05, 0.1) is 22.8 Å². The summed E-state index contributed by atoms with van der Waals surface area (Å²) in [5, 5.41) is 11.7. The standard InChI is InChI=1S/C22H28N2O4S/c1-17(12-15-21(25)26)23-22(27)20(14-13-18-8-4-2-5-9-18)24-29(28)16-19-10-6-3-7-11-19/h2-11,17,20,24H,12-16H2,1H3,(H,23,27)(H,25,26). The van der Waals surface area contributed by atoms with Crippen molar-refractivity contribution in [2.75, 3.05) is 0 Å². The number of carbonyl (C=O) groups excluding carboxylic acids is 1. The third-order valence-electron chi connectivity index (χ3n) is 4.48. The van der Waals surface area contributed by atoms with E-state index in [1.165, 1.54) is 0 Å². The molecule has 0 heterocycles. The van der Waals surface area contributed by atoms with Gasteiger partial charge in [-0.3, -0.25) is 9.59 Å². The third kappa shape index (κ3) is 9.02. The largest absolute Gasteiger partial charge is 0.481 e. The molecule has 2 rings (SSSR count). The lowest BCUT2D eigenvalue weighted by Gasteiger charge is -2.21. The Bertz CT molecular complexity index is 799. The first-order valence-corrected chi connectivity index (χ1v) is 11.0. The molecule has 6 nitrogen and oxygen atoms in total. The zero-order valence-corrected chi connectivity index (χ0v) is 17.4. The van der Waals surface area contributed by atoms with Gasteiger partial charge in [0, 0.05) is 12.5 Å². The van der Waals surface area contributed by atoms with Gasteiger partial charge in [0.1, 0.15) is 0 Å². The van der Waals surface area contributed by atoms with Crippen LogP contribution in [-0.2, 0) is 32.7 Å². The van der Waals surface area contributed by atoms with Gasteiger partial charge in [-0.05, 0) is 37.3 Å². The molecule has 0 saturated heterocycles. The minimum Gasteiger partial charge on any atom is -0.481 e. The van der Waals surface area contributed by atoms with E-state index in [1.807, 2.05) is 60.7 Å². The first-order chi connectivity index (χ1) is 13.9. The van der Waals surface area contributed by atoms with Crippen LogP contribution in [0.1, 0.15) is 37.3 Å². The first-order valence-electron chi connectivity index (χ1n) is 9.68. The second-order valence-corrected chi connectivity index (χ2v) is 8.23. The van der Waals surface area contributed by atoms with Gasteiger partial charge >= 0.3 is 5.97 Å². The fourth-order valence-corrected chi connectivity index (χ4v) is 4.00. The average molecular weight is 417 g/mol. The van der Waals surface area contributed by atoms with E-state index in [9.17, 15) is 13.8 Å². The number of carbonyl (C=O) groups is 2. The Morgan fingerprint density at radius 2 is 1.55 bits per heavy atom. The lowest BCUT2D eigenvalue weighted by atomic mass is 10.0. The van der Waals surface area contributed by atoms with E-state index in [2.05, 4.69) is 10.0 Å². The average Bonchev–Trinajstić information content (AvgIpc) is 2.71. The molecule has 3 atom stereocenters. The summed E-state index contributed by atoms with van der Waals surface area (Å²) in [6.07, 6.45) is 1.49. The molecule has 0 aliphatic rings. The van der Waals surface area contributed by atoms with Gasteiger partial charge in [0.15, 0.2) is 0 Å². The van der Waals surface area contributed by atoms with Crippen molar-refractivity contribution < 1.29 is 18.9 Å². The van der Waals surface area contributed by atoms with E-state index >= 15 is 0 Å². The molecule has 2 aromatic carbocycles. The summed E-state index contributed by atoms with van der Waals surface area (Å²) in [4.78, 5) is 23.5. The Balaban J connectivity index is 1.98. The highest BCUT2D eigenvalue weighted by Crippen LogP contribution is 2.09. The van der Waals surface area contributed by atoms with E-state index in [4.69, 9.17) is 5.11 Å². The molecule has 0 aliphatic carbocycles. The fourth-order valence-electron chi connectivity index (χ4n) is 2.88. The lowest BCUT2D eigenvalue weighted by molar-refractivity contribution is -0.137. The van der Waals surface area contributed by atoms with Gasteiger partial charge in [0.2, 0.25) is 5.91 Å². The van der Waals surface area contributed by atoms with Crippen LogP contribution >= 0.6 is 0 Å². The highest BCUT2D eigenvalue weighted by atomic mass is 32.2. The van der Waals surface area contributed by atoms with Crippen molar-refractivity contribution in [3.05, 3.63) is 71.8 Å². The zero-order valence-electron chi connectivity index (χ0n) is 16.5. The van der Waals surface area contributed by atoms with Gasteiger partial charge < -0.3 is 10.4 Å². The highest BCUT2D eigenvalue weighted by molar-refractivity contribution is 7.82. The van der Waals surface area contributed by atoms with E-state index in [0.717, 1.165) is 11.1 Å². The highest BCUT2D eigenvalue weighted by Gasteiger charge is 2.22. The number of carboxylic acid groups (broad SMARTS) is 1. The van der Waals surface area contributed by atoms with Crippen molar-refractivity contribution >= 4 is 22.9 Å². The number of carboxylic acids is 1. The van der Waals surface area contributed by atoms with E-state index in [0.29, 0.717) is 25.0 Å². The second-order valence-electron chi connectivity index (χ2n) is 7.01. The summed E-state index contributed by atoms with van der Waals surface area (Å²) in [5.74, 6) is -0.848. The minimum atomic E-state index is -1.41. The van der Waals surface area contributed by atoms with Crippen molar-refractivity contribution in [1.29, 1.82) is 0 Å². The monoisotopic (exact) mass is 416 g/mol. The maximum atomic E-state index is 12.8. The Labute approximate surface area is 174 Å². The quantitative estimate of drug-likeness (QED) is 0.496. The maximum absolute atomic E-state index is 12.8. The van der Waals surface area contributed by atoms with Gasteiger partial charge in [-0.25, -0.2) is 8.93 Å². The molecule has 0 spiro atoms. The van der Waals surface area contributed by atoms with Crippen molar-refractivity contribution in [3.8, 4) is 0 Å². The molecule has 0 bridgehead atoms. The summed E-state index contributed by atoms with van der Waals surface area (Å²) in [6.45, 7) is 1.77. The van der Waals surface area contributed by atoms with Crippen LogP contribution in [0.15, 0.2) is 60.7 Å². The van der Waals surface area contributed by atoms with E-state index < -0.39 is 23.0 Å². The molecular weight excluding hydrogens is 388 g/mol. The Morgan fingerprint density at radius 3 is 2.14 bits per heavy atom. The normalized spacial score (nSPS) is 14.0. The first kappa shape index (κ1) is 22.8. The molecule has 0 aromatic heterocycles. The van der Waals surface area contributed by atoms with Gasteiger partial charge in [-0.15, -0.1) is 0 Å². The van der Waals surface area contributed by atoms with Crippen LogP contribution in [0.3, 0.4) is 0 Å². The predicted octanol–water partition coefficient (Wildman–Crippen LogP) is 2.81. The summed E-state index contributed by atoms with van der Waals surface area (Å²) in [6, 6.07) is 18.4. The van der Waals surface area contributed by atoms with Crippen LogP contribution in [0, 0.1) is 0 Å². The molecule has 156 valence electrons. The number of hydrogen-bond acceptors (Lipinski definition) is 3. The molecule has 3 N–H and O–H groups in total. The van der Waals surface area contributed by atoms with Crippen molar-refractivity contribution in [2.24, 2.45) is 0 Å². The van der Waals surface area contributed by atoms with Crippen LogP contribution in [0.5, 0.6) is 0 Å². The zero-order chi connectivity index (χ0) is 21.1. The number of benzene rings is 2. The molecule has 0 saturated carbocycles. The summed E-state index contributed by atoms with van der Waals surface area (Å²) in [7, 11) is -1.41. The maximum Gasteiger partial charge on any atom is 0.303 e. The summed E-state index contributed by atoms with van der Waals surface area (Å²) >= 11 is 0. The van der Waals surface area contributed by atoms with Crippen molar-refractivity contribution in [1.82, 2.24) is 10.0 Å². The summed E-state index contributed by atoms with van der Waals surface area (Å²) in [5.41, 5.74) is 2.02. The Hall–Kier alpha value is -2.51. The molecule has 0 aliphatic heterocycles. The number of aliphatic carboxylic acids is 1. The number of nitrogens with one attached hydrogen (secondary N) is 2. The number of amides is 1. The number of rotatable bonds is 12. The molecule has 0 fully saturated rings. The van der Waals surface area contributed by atoms with Crippen LogP contribution in [0.2, 0.25) is 0 Å². The molecule has 7 heteroatoms. The number of aryl methyl sites for hydroxylation is 1. The molecule has 0 radical (unpaired) electrons. The van der Waals surface area contributed by atoms with Crippen LogP contribution < -0.4 is 10.0 Å². The predicted molar refractivity (Wildman–Crippen MR) is 114 cm³/mol. The SMILES string of the molecule is CC(CCC(=O)O)NC(=O)C(CCc1ccccc1)NS(=O)Cc1ccccc1. The van der Waals surface area contributed by atoms with E-state index in [-0.39, 0.29) is 18.4 Å². The molecule has 29 heavy (non-hydrogen) atoms. The molecule has 1 amide bonds. The molecular formula is C22H28N2O4S. The third-order valence-corrected chi connectivity index (χ3v) is 5.62. The van der Waals surface area contributed by atoms with Gasteiger partial charge in [-0.2, -0.15) is 0 Å². The van der Waals surface area contributed by atoms with Crippen molar-refractivity contribution in [3.63, 3.8) is 0 Å². The van der Waals surface area contributed by atoms with Crippen LogP contribution in [0.25, 0.3) is 0 Å². The minimum absolute atomic E-state index is 0.0104. The van der Waals surface area contributed by atoms with Gasteiger partial charge in [-0.1, -0.05) is 60.7 Å². The van der Waals surface area contributed by atoms with E-state index in [1.54, 1.807) is 6.92 Å². The Morgan fingerprint density at radius 1 is 0.966 bits per heavy atom. The fraction of sp³-hybridized carbons (Fsp3) is 0.364. The smallest absolute Gasteiger partial charge is 0.303 e. The second kappa shape index (κ2) is 12.1. The summed E-state index contributed by atoms with van der Waals surface area (Å²) < 4.78 is 15.5. The lowest BCUT2D eigenvalue weighted by Crippen LogP contribution is -2.48. The van der Waals surface area contributed by atoms with Crippen molar-refractivity contribution in [2.45, 2.75) is 50.4 Å². The van der Waals surface area contributed by atoms with Crippen LogP contribution in [0.4, 0.5) is 0 Å². The topological polar surface area (TPSA) is 95.5 Å². The van der Waals surface area contributed by atoms with Crippen LogP contribution in [-0.4, -0.2) is 33.3 Å². The molecule has 3 unspecified atom stereocenters.